The molecule has 0 spiro atoms. The zero-order chi connectivity index (χ0) is 16.7. The summed E-state index contributed by atoms with van der Waals surface area (Å²) in [6.45, 7) is 1.81. The molecule has 2 aromatic rings. The van der Waals surface area contributed by atoms with Crippen molar-refractivity contribution < 1.29 is 19.3 Å². The summed E-state index contributed by atoms with van der Waals surface area (Å²) < 4.78 is 20.6. The number of nitrogens with zero attached hydrogens (tertiary/aromatic N) is 6. The van der Waals surface area contributed by atoms with Crippen LogP contribution in [-0.4, -0.2) is 55.1 Å². The van der Waals surface area contributed by atoms with Gasteiger partial charge in [-0.05, 0) is 6.42 Å². The molecule has 1 saturated heterocycles. The number of hydrogen-bond acceptors (Lipinski definition) is 8. The fourth-order valence-corrected chi connectivity index (χ4v) is 2.62. The Kier molecular flexibility index (Phi) is 3.92. The van der Waals surface area contributed by atoms with Gasteiger partial charge in [0.1, 0.15) is 12.2 Å². The lowest BCUT2D eigenvalue weighted by Crippen LogP contribution is -2.31. The third kappa shape index (κ3) is 2.42. The molecule has 2 aromatic heterocycles. The average molecular weight is 326 g/mol. The SMILES string of the molecule is CC[C@H]1OC(n2cnc3c(N(C)N=O)nc(F)nc32)[C@H](O)[C@@H]1O. The summed E-state index contributed by atoms with van der Waals surface area (Å²) in [6.07, 6.45) is -3.14. The van der Waals surface area contributed by atoms with Crippen molar-refractivity contribution in [2.45, 2.75) is 37.9 Å². The topological polar surface area (TPSA) is 126 Å². The van der Waals surface area contributed by atoms with E-state index in [0.717, 1.165) is 5.01 Å². The van der Waals surface area contributed by atoms with E-state index in [2.05, 4.69) is 20.2 Å². The highest BCUT2D eigenvalue weighted by molar-refractivity contribution is 5.83. The fourth-order valence-electron chi connectivity index (χ4n) is 2.62. The lowest BCUT2D eigenvalue weighted by molar-refractivity contribution is -0.0356. The molecule has 1 unspecified atom stereocenters. The number of aliphatic hydroxyl groups is 2. The van der Waals surface area contributed by atoms with Crippen LogP contribution in [0.2, 0.25) is 0 Å². The summed E-state index contributed by atoms with van der Waals surface area (Å²) in [7, 11) is 1.30. The molecule has 3 heterocycles. The number of fused-ring (bicyclic) bond motifs is 1. The second-order valence-corrected chi connectivity index (χ2v) is 5.20. The van der Waals surface area contributed by atoms with Gasteiger partial charge < -0.3 is 14.9 Å². The predicted octanol–water partition coefficient (Wildman–Crippen LogP) is 0.112. The molecule has 1 fully saturated rings. The summed E-state index contributed by atoms with van der Waals surface area (Å²) in [4.78, 5) is 21.9. The molecule has 10 nitrogen and oxygen atoms in total. The zero-order valence-corrected chi connectivity index (χ0v) is 12.4. The molecule has 0 amide bonds. The van der Waals surface area contributed by atoms with E-state index in [4.69, 9.17) is 4.74 Å². The molecule has 2 N–H and O–H groups in total. The summed E-state index contributed by atoms with van der Waals surface area (Å²) in [5.74, 6) is -0.110. The Morgan fingerprint density at radius 2 is 2.17 bits per heavy atom. The van der Waals surface area contributed by atoms with Gasteiger partial charge in [-0.25, -0.2) is 9.99 Å². The predicted molar refractivity (Wildman–Crippen MR) is 75.7 cm³/mol. The van der Waals surface area contributed by atoms with Crippen molar-refractivity contribution in [2.24, 2.45) is 5.29 Å². The van der Waals surface area contributed by atoms with E-state index >= 15 is 0 Å². The minimum atomic E-state index is -1.22. The molecule has 1 aliphatic heterocycles. The normalized spacial score (nSPS) is 27.5. The van der Waals surface area contributed by atoms with Crippen LogP contribution in [0, 0.1) is 11.0 Å². The minimum absolute atomic E-state index is 0.0241. The van der Waals surface area contributed by atoms with E-state index in [0.29, 0.717) is 6.42 Å². The Morgan fingerprint density at radius 3 is 2.78 bits per heavy atom. The van der Waals surface area contributed by atoms with E-state index in [1.807, 2.05) is 0 Å². The lowest BCUT2D eigenvalue weighted by Gasteiger charge is -2.16. The molecular weight excluding hydrogens is 311 g/mol. The first-order chi connectivity index (χ1) is 11.0. The second-order valence-electron chi connectivity index (χ2n) is 5.20. The van der Waals surface area contributed by atoms with Crippen LogP contribution in [0.1, 0.15) is 19.6 Å². The highest BCUT2D eigenvalue weighted by Crippen LogP contribution is 2.33. The number of ether oxygens (including phenoxy) is 1. The highest BCUT2D eigenvalue weighted by atomic mass is 19.1. The number of halogens is 1. The minimum Gasteiger partial charge on any atom is -0.388 e. The molecule has 23 heavy (non-hydrogen) atoms. The maximum Gasteiger partial charge on any atom is 0.312 e. The van der Waals surface area contributed by atoms with Crippen molar-refractivity contribution in [2.75, 3.05) is 12.1 Å². The zero-order valence-electron chi connectivity index (χ0n) is 12.4. The first-order valence-electron chi connectivity index (χ1n) is 6.96. The molecule has 124 valence electrons. The van der Waals surface area contributed by atoms with Gasteiger partial charge in [0.2, 0.25) is 0 Å². The van der Waals surface area contributed by atoms with E-state index in [1.165, 1.54) is 17.9 Å². The van der Waals surface area contributed by atoms with E-state index in [-0.39, 0.29) is 17.0 Å². The van der Waals surface area contributed by atoms with Crippen molar-refractivity contribution in [3.63, 3.8) is 0 Å². The van der Waals surface area contributed by atoms with E-state index in [1.54, 1.807) is 6.92 Å². The lowest BCUT2D eigenvalue weighted by atomic mass is 10.1. The summed E-state index contributed by atoms with van der Waals surface area (Å²) >= 11 is 0. The number of rotatable bonds is 4. The Bertz CT molecular complexity index is 740. The second kappa shape index (κ2) is 5.76. The quantitative estimate of drug-likeness (QED) is 0.461. The smallest absolute Gasteiger partial charge is 0.312 e. The third-order valence-corrected chi connectivity index (χ3v) is 3.82. The van der Waals surface area contributed by atoms with Crippen LogP contribution in [0.3, 0.4) is 0 Å². The number of nitroso groups, excluding NO2 is 1. The van der Waals surface area contributed by atoms with Crippen LogP contribution >= 0.6 is 0 Å². The average Bonchev–Trinajstić information content (AvgIpc) is 3.08. The van der Waals surface area contributed by atoms with Gasteiger partial charge in [-0.1, -0.05) is 6.92 Å². The molecule has 1 aliphatic rings. The third-order valence-electron chi connectivity index (χ3n) is 3.82. The van der Waals surface area contributed by atoms with Crippen LogP contribution < -0.4 is 5.01 Å². The van der Waals surface area contributed by atoms with Crippen molar-refractivity contribution in [1.82, 2.24) is 19.5 Å². The Balaban J connectivity index is 2.10. The van der Waals surface area contributed by atoms with Gasteiger partial charge in [-0.2, -0.15) is 14.4 Å². The van der Waals surface area contributed by atoms with E-state index in [9.17, 15) is 19.5 Å². The van der Waals surface area contributed by atoms with Gasteiger partial charge in [0, 0.05) is 7.05 Å². The highest BCUT2D eigenvalue weighted by Gasteiger charge is 2.43. The molecule has 4 atom stereocenters. The number of imidazole rings is 1. The first kappa shape index (κ1) is 15.6. The number of aromatic nitrogens is 4. The van der Waals surface area contributed by atoms with Gasteiger partial charge in [0.05, 0.1) is 17.7 Å². The number of anilines is 1. The van der Waals surface area contributed by atoms with Gasteiger partial charge >= 0.3 is 6.08 Å². The van der Waals surface area contributed by atoms with Crippen LogP contribution in [0.15, 0.2) is 11.6 Å². The fraction of sp³-hybridized carbons (Fsp3) is 0.583. The molecule has 0 saturated carbocycles. The monoisotopic (exact) mass is 326 g/mol. The van der Waals surface area contributed by atoms with Crippen molar-refractivity contribution in [1.29, 1.82) is 0 Å². The first-order valence-corrected chi connectivity index (χ1v) is 6.96. The molecule has 11 heteroatoms. The van der Waals surface area contributed by atoms with Gasteiger partial charge in [-0.15, -0.1) is 4.91 Å². The van der Waals surface area contributed by atoms with Crippen molar-refractivity contribution in [3.8, 4) is 0 Å². The van der Waals surface area contributed by atoms with E-state index < -0.39 is 30.6 Å². The Hall–Kier alpha value is -2.24. The molecular formula is C12H15FN6O4. The largest absolute Gasteiger partial charge is 0.388 e. The molecule has 0 radical (unpaired) electrons. The van der Waals surface area contributed by atoms with Gasteiger partial charge in [0.25, 0.3) is 0 Å². The Morgan fingerprint density at radius 1 is 1.43 bits per heavy atom. The standard InChI is InChI=1S/C12H15FN6O4/c1-3-5-7(20)8(21)11(23-5)19-4-14-6-9(18(2)17-22)15-12(13)16-10(6)19/h4-5,7-8,11,20-21H,3H2,1-2H3/t5-,7-,8-,11?/m1/s1. The molecule has 0 aliphatic carbocycles. The van der Waals surface area contributed by atoms with Crippen LogP contribution in [0.25, 0.3) is 11.2 Å². The van der Waals surface area contributed by atoms with Crippen LogP contribution in [-0.2, 0) is 4.74 Å². The maximum atomic E-state index is 13.7. The van der Waals surface area contributed by atoms with Crippen LogP contribution in [0.4, 0.5) is 10.2 Å². The number of aliphatic hydroxyl groups excluding tert-OH is 2. The van der Waals surface area contributed by atoms with Gasteiger partial charge in [-0.3, -0.25) is 4.57 Å². The number of hydrogen-bond donors (Lipinski definition) is 2. The van der Waals surface area contributed by atoms with Crippen molar-refractivity contribution >= 4 is 17.0 Å². The summed E-state index contributed by atoms with van der Waals surface area (Å²) in [5, 5.41) is 23.6. The summed E-state index contributed by atoms with van der Waals surface area (Å²) in [5.41, 5.74) is 0.148. The molecule has 3 rings (SSSR count). The van der Waals surface area contributed by atoms with Crippen LogP contribution in [0.5, 0.6) is 0 Å². The molecule has 0 aromatic carbocycles. The Labute approximate surface area is 129 Å². The van der Waals surface area contributed by atoms with Crippen molar-refractivity contribution in [3.05, 3.63) is 17.3 Å². The summed E-state index contributed by atoms with van der Waals surface area (Å²) in [6, 6.07) is 0. The molecule has 0 bridgehead atoms. The maximum absolute atomic E-state index is 13.7. The van der Waals surface area contributed by atoms with Gasteiger partial charge in [0.15, 0.2) is 23.2 Å².